The minimum absolute atomic E-state index is 0.0236. The van der Waals surface area contributed by atoms with Crippen LogP contribution in [0.2, 0.25) is 5.02 Å². The molecule has 0 unspecified atom stereocenters. The Morgan fingerprint density at radius 3 is 2.57 bits per heavy atom. The monoisotopic (exact) mass is 404 g/mol. The van der Waals surface area contributed by atoms with E-state index in [0.29, 0.717) is 17.1 Å². The number of hydrogen-bond donors (Lipinski definition) is 2. The second-order valence-electron chi connectivity index (χ2n) is 6.76. The highest BCUT2D eigenvalue weighted by molar-refractivity contribution is 6.33. The van der Waals surface area contributed by atoms with Crippen LogP contribution in [0, 0.1) is 17.0 Å². The van der Waals surface area contributed by atoms with Crippen LogP contribution >= 0.6 is 11.6 Å². The largest absolute Gasteiger partial charge is 0.507 e. The van der Waals surface area contributed by atoms with Crippen molar-refractivity contribution in [3.8, 4) is 5.75 Å². The maximum atomic E-state index is 10.9. The molecule has 0 spiro atoms. The molecule has 0 radical (unpaired) electrons. The van der Waals surface area contributed by atoms with Crippen LogP contribution in [0.5, 0.6) is 5.75 Å². The molecule has 1 saturated heterocycles. The van der Waals surface area contributed by atoms with Crippen molar-refractivity contribution < 1.29 is 15.2 Å². The third-order valence-corrected chi connectivity index (χ3v) is 5.11. The Kier molecular flexibility index (Phi) is 6.01. The lowest BCUT2D eigenvalue weighted by Crippen LogP contribution is -2.46. The van der Waals surface area contributed by atoms with Crippen molar-refractivity contribution in [3.63, 3.8) is 0 Å². The van der Waals surface area contributed by atoms with Crippen molar-refractivity contribution in [3.05, 3.63) is 62.2 Å². The van der Waals surface area contributed by atoms with Gasteiger partial charge in [0.2, 0.25) is 0 Å². The minimum Gasteiger partial charge on any atom is -0.507 e. The van der Waals surface area contributed by atoms with Crippen molar-refractivity contribution >= 4 is 29.2 Å². The van der Waals surface area contributed by atoms with Gasteiger partial charge in [0.1, 0.15) is 5.75 Å². The van der Waals surface area contributed by atoms with E-state index in [0.717, 1.165) is 43.0 Å². The number of anilines is 1. The molecule has 2 aromatic carbocycles. The van der Waals surface area contributed by atoms with Crippen LogP contribution in [0.4, 0.5) is 11.4 Å². The average molecular weight is 405 g/mol. The van der Waals surface area contributed by atoms with Gasteiger partial charge >= 0.3 is 0 Å². The molecule has 0 saturated carbocycles. The van der Waals surface area contributed by atoms with Crippen LogP contribution < -0.4 is 4.90 Å². The Bertz CT molecular complexity index is 911. The fourth-order valence-corrected chi connectivity index (χ4v) is 3.71. The Labute approximate surface area is 167 Å². The fraction of sp³-hybridized carbons (Fsp3) is 0.316. The first-order valence-electron chi connectivity index (χ1n) is 8.80. The summed E-state index contributed by atoms with van der Waals surface area (Å²) >= 11 is 6.23. The van der Waals surface area contributed by atoms with Crippen molar-refractivity contribution in [2.75, 3.05) is 31.1 Å². The number of phenols is 1. The van der Waals surface area contributed by atoms with Crippen molar-refractivity contribution in [1.29, 1.82) is 0 Å². The zero-order chi connectivity index (χ0) is 20.3. The number of halogens is 1. The highest BCUT2D eigenvalue weighted by Gasteiger charge is 2.21. The standard InChI is InChI=1S/C19H21ClN4O4/c1-13-8-14(11-21-26)19(25)15(9-13)12-22-4-6-23(7-5-22)18-3-2-16(24(27)28)10-17(18)20/h2-3,8-11,25-26H,4-7,12H2,1H3/b21-11+. The molecular formula is C19H21ClN4O4. The molecule has 8 nitrogen and oxygen atoms in total. The zero-order valence-electron chi connectivity index (χ0n) is 15.4. The van der Waals surface area contributed by atoms with Crippen LogP contribution in [0.3, 0.4) is 0 Å². The third kappa shape index (κ3) is 4.35. The van der Waals surface area contributed by atoms with Gasteiger partial charge in [-0.15, -0.1) is 0 Å². The van der Waals surface area contributed by atoms with Gasteiger partial charge in [-0.1, -0.05) is 22.8 Å². The number of phenolic OH excluding ortho intramolecular Hbond substituents is 1. The topological polar surface area (TPSA) is 102 Å². The van der Waals surface area contributed by atoms with Gasteiger partial charge in [0.05, 0.1) is 21.8 Å². The van der Waals surface area contributed by atoms with E-state index in [2.05, 4.69) is 15.0 Å². The number of oxime groups is 1. The van der Waals surface area contributed by atoms with Crippen molar-refractivity contribution in [2.24, 2.45) is 5.16 Å². The summed E-state index contributed by atoms with van der Waals surface area (Å²) in [6, 6.07) is 8.20. The second-order valence-corrected chi connectivity index (χ2v) is 7.17. The molecular weight excluding hydrogens is 384 g/mol. The van der Waals surface area contributed by atoms with E-state index < -0.39 is 4.92 Å². The summed E-state index contributed by atoms with van der Waals surface area (Å²) in [7, 11) is 0. The Morgan fingerprint density at radius 1 is 1.25 bits per heavy atom. The van der Waals surface area contributed by atoms with Gasteiger partial charge in [-0.3, -0.25) is 15.0 Å². The molecule has 28 heavy (non-hydrogen) atoms. The average Bonchev–Trinajstić information content (AvgIpc) is 2.66. The number of non-ortho nitro benzene ring substituents is 1. The summed E-state index contributed by atoms with van der Waals surface area (Å²) in [5.41, 5.74) is 2.99. The molecule has 9 heteroatoms. The maximum absolute atomic E-state index is 10.9. The predicted molar refractivity (Wildman–Crippen MR) is 108 cm³/mol. The van der Waals surface area contributed by atoms with Crippen molar-refractivity contribution in [2.45, 2.75) is 13.5 Å². The molecule has 1 heterocycles. The van der Waals surface area contributed by atoms with Crippen LogP contribution in [0.15, 0.2) is 35.5 Å². The Balaban J connectivity index is 1.67. The maximum Gasteiger partial charge on any atom is 0.271 e. The quantitative estimate of drug-likeness (QED) is 0.342. The molecule has 1 aliphatic heterocycles. The van der Waals surface area contributed by atoms with Crippen LogP contribution in [0.1, 0.15) is 16.7 Å². The highest BCUT2D eigenvalue weighted by atomic mass is 35.5. The summed E-state index contributed by atoms with van der Waals surface area (Å²) in [6.07, 6.45) is 1.22. The summed E-state index contributed by atoms with van der Waals surface area (Å²) in [5.74, 6) is 0.115. The van der Waals surface area contributed by atoms with Gasteiger partial charge in [0.25, 0.3) is 5.69 Å². The lowest BCUT2D eigenvalue weighted by Gasteiger charge is -2.36. The predicted octanol–water partition coefficient (Wildman–Crippen LogP) is 3.39. The summed E-state index contributed by atoms with van der Waals surface area (Å²) in [6.45, 7) is 5.44. The zero-order valence-corrected chi connectivity index (χ0v) is 16.1. The number of aryl methyl sites for hydroxylation is 1. The molecule has 1 aliphatic rings. The van der Waals surface area contributed by atoms with Gasteiger partial charge in [0, 0.05) is 56.0 Å². The number of aromatic hydroxyl groups is 1. The first-order chi connectivity index (χ1) is 13.4. The van der Waals surface area contributed by atoms with Crippen LogP contribution in [-0.2, 0) is 6.54 Å². The normalized spacial score (nSPS) is 15.3. The number of nitro groups is 1. The van der Waals surface area contributed by atoms with Gasteiger partial charge in [-0.05, 0) is 24.6 Å². The molecule has 0 aliphatic carbocycles. The van der Waals surface area contributed by atoms with Crippen molar-refractivity contribution in [1.82, 2.24) is 4.90 Å². The number of rotatable bonds is 5. The van der Waals surface area contributed by atoms with Crippen LogP contribution in [-0.4, -0.2) is 52.5 Å². The number of piperazine rings is 1. The van der Waals surface area contributed by atoms with Gasteiger partial charge in [-0.2, -0.15) is 0 Å². The number of nitrogens with zero attached hydrogens (tertiary/aromatic N) is 4. The third-order valence-electron chi connectivity index (χ3n) is 4.81. The van der Waals surface area contributed by atoms with E-state index in [1.165, 1.54) is 18.3 Å². The second kappa shape index (κ2) is 8.45. The molecule has 148 valence electrons. The number of benzene rings is 2. The highest BCUT2D eigenvalue weighted by Crippen LogP contribution is 2.31. The van der Waals surface area contributed by atoms with Gasteiger partial charge in [0.15, 0.2) is 0 Å². The summed E-state index contributed by atoms with van der Waals surface area (Å²) in [5, 5.41) is 33.4. The molecule has 0 bridgehead atoms. The number of nitro benzene ring substituents is 1. The fourth-order valence-electron chi connectivity index (χ4n) is 3.42. The first kappa shape index (κ1) is 19.9. The summed E-state index contributed by atoms with van der Waals surface area (Å²) in [4.78, 5) is 14.7. The molecule has 2 aromatic rings. The molecule has 1 fully saturated rings. The van der Waals surface area contributed by atoms with Gasteiger partial charge in [-0.25, -0.2) is 0 Å². The molecule has 0 aromatic heterocycles. The SMILES string of the molecule is Cc1cc(/C=N/O)c(O)c(CN2CCN(c3ccc([N+](=O)[O-])cc3Cl)CC2)c1. The van der Waals surface area contributed by atoms with E-state index in [1.54, 1.807) is 12.1 Å². The lowest BCUT2D eigenvalue weighted by molar-refractivity contribution is -0.384. The minimum atomic E-state index is -0.461. The lowest BCUT2D eigenvalue weighted by atomic mass is 10.0. The molecule has 0 amide bonds. The van der Waals surface area contributed by atoms with E-state index in [9.17, 15) is 15.2 Å². The van der Waals surface area contributed by atoms with E-state index in [4.69, 9.17) is 16.8 Å². The summed E-state index contributed by atoms with van der Waals surface area (Å²) < 4.78 is 0. The molecule has 0 atom stereocenters. The molecule has 3 rings (SSSR count). The van der Waals surface area contributed by atoms with E-state index in [1.807, 2.05) is 13.0 Å². The Hall–Kier alpha value is -2.84. The van der Waals surface area contributed by atoms with Gasteiger partial charge < -0.3 is 15.2 Å². The van der Waals surface area contributed by atoms with Crippen LogP contribution in [0.25, 0.3) is 0 Å². The number of hydrogen-bond acceptors (Lipinski definition) is 7. The Morgan fingerprint density at radius 2 is 1.96 bits per heavy atom. The van der Waals surface area contributed by atoms with E-state index >= 15 is 0 Å². The van der Waals surface area contributed by atoms with E-state index in [-0.39, 0.29) is 11.4 Å². The first-order valence-corrected chi connectivity index (χ1v) is 9.18. The smallest absolute Gasteiger partial charge is 0.271 e. The molecule has 2 N–H and O–H groups in total.